The summed E-state index contributed by atoms with van der Waals surface area (Å²) in [5, 5.41) is 7.02. The zero-order valence-corrected chi connectivity index (χ0v) is 9.62. The van der Waals surface area contributed by atoms with Crippen molar-refractivity contribution in [3.05, 3.63) is 11.7 Å². The van der Waals surface area contributed by atoms with Crippen LogP contribution >= 0.6 is 0 Å². The Hall–Kier alpha value is -0.940. The first kappa shape index (κ1) is 12.1. The van der Waals surface area contributed by atoms with Gasteiger partial charge < -0.3 is 14.6 Å². The highest BCUT2D eigenvalue weighted by Crippen LogP contribution is 2.13. The molecule has 5 heteroatoms. The predicted octanol–water partition coefficient (Wildman–Crippen LogP) is 1.32. The molecule has 0 saturated carbocycles. The fourth-order valence-corrected chi connectivity index (χ4v) is 1.32. The van der Waals surface area contributed by atoms with E-state index < -0.39 is 0 Å². The van der Waals surface area contributed by atoms with Crippen LogP contribution in [0.1, 0.15) is 38.0 Å². The van der Waals surface area contributed by atoms with Gasteiger partial charge in [0, 0.05) is 13.0 Å². The van der Waals surface area contributed by atoms with Crippen molar-refractivity contribution in [3.63, 3.8) is 0 Å². The summed E-state index contributed by atoms with van der Waals surface area (Å²) in [6.45, 7) is 5.41. The lowest BCUT2D eigenvalue weighted by Crippen LogP contribution is -2.15. The van der Waals surface area contributed by atoms with Gasteiger partial charge in [0.05, 0.1) is 12.6 Å². The minimum atomic E-state index is 0.151. The monoisotopic (exact) mass is 213 g/mol. The molecule has 1 atom stereocenters. The fourth-order valence-electron chi connectivity index (χ4n) is 1.32. The van der Waals surface area contributed by atoms with Crippen molar-refractivity contribution >= 4 is 0 Å². The van der Waals surface area contributed by atoms with Gasteiger partial charge in [-0.25, -0.2) is 0 Å². The lowest BCUT2D eigenvalue weighted by Gasteiger charge is -2.06. The number of hydrogen-bond acceptors (Lipinski definition) is 5. The largest absolute Gasteiger partial charge is 0.381 e. The third kappa shape index (κ3) is 3.60. The highest BCUT2D eigenvalue weighted by molar-refractivity contribution is 4.92. The molecule has 0 spiro atoms. The number of rotatable bonds is 7. The molecule has 1 aromatic heterocycles. The summed E-state index contributed by atoms with van der Waals surface area (Å²) in [6, 6.07) is 0.151. The quantitative estimate of drug-likeness (QED) is 0.692. The van der Waals surface area contributed by atoms with E-state index in [1.165, 1.54) is 0 Å². The molecule has 15 heavy (non-hydrogen) atoms. The number of aromatic nitrogens is 2. The molecule has 0 fully saturated rings. The highest BCUT2D eigenvalue weighted by Gasteiger charge is 2.14. The molecule has 1 aromatic rings. The average molecular weight is 213 g/mol. The van der Waals surface area contributed by atoms with Crippen molar-refractivity contribution < 1.29 is 9.26 Å². The lowest BCUT2D eigenvalue weighted by molar-refractivity contribution is 0.149. The van der Waals surface area contributed by atoms with Crippen LogP contribution < -0.4 is 5.32 Å². The smallest absolute Gasteiger partial charge is 0.243 e. The maximum absolute atomic E-state index is 5.22. The molecule has 0 saturated heterocycles. The molecular formula is C10H19N3O2. The molecule has 86 valence electrons. The first-order chi connectivity index (χ1) is 7.31. The minimum Gasteiger partial charge on any atom is -0.381 e. The second-order valence-electron chi connectivity index (χ2n) is 3.25. The lowest BCUT2D eigenvalue weighted by atomic mass is 10.2. The van der Waals surface area contributed by atoms with Crippen LogP contribution in [0.4, 0.5) is 0 Å². The first-order valence-corrected chi connectivity index (χ1v) is 5.39. The standard InChI is InChI=1S/C10H19N3O2/c1-4-8(11-3)10-12-9(13-15-10)6-7-14-5-2/h8,11H,4-7H2,1-3H3. The van der Waals surface area contributed by atoms with Crippen molar-refractivity contribution in [2.75, 3.05) is 20.3 Å². The molecular weight excluding hydrogens is 194 g/mol. The van der Waals surface area contributed by atoms with Crippen LogP contribution in [-0.4, -0.2) is 30.4 Å². The normalized spacial score (nSPS) is 13.0. The molecule has 0 radical (unpaired) electrons. The topological polar surface area (TPSA) is 60.2 Å². The number of hydrogen-bond donors (Lipinski definition) is 1. The predicted molar refractivity (Wildman–Crippen MR) is 56.6 cm³/mol. The van der Waals surface area contributed by atoms with E-state index in [1.807, 2.05) is 14.0 Å². The van der Waals surface area contributed by atoms with Crippen molar-refractivity contribution in [3.8, 4) is 0 Å². The summed E-state index contributed by atoms with van der Waals surface area (Å²) in [4.78, 5) is 4.30. The molecule has 1 N–H and O–H groups in total. The summed E-state index contributed by atoms with van der Waals surface area (Å²) < 4.78 is 10.4. The van der Waals surface area contributed by atoms with Crippen molar-refractivity contribution in [1.29, 1.82) is 0 Å². The summed E-state index contributed by atoms with van der Waals surface area (Å²) in [5.74, 6) is 1.37. The number of ether oxygens (including phenoxy) is 1. The highest BCUT2D eigenvalue weighted by atomic mass is 16.5. The van der Waals surface area contributed by atoms with Crippen LogP contribution in [0, 0.1) is 0 Å². The maximum atomic E-state index is 5.22. The molecule has 5 nitrogen and oxygen atoms in total. The Kier molecular flexibility index (Phi) is 5.28. The molecule has 0 aliphatic carbocycles. The van der Waals surface area contributed by atoms with Gasteiger partial charge in [0.1, 0.15) is 0 Å². The van der Waals surface area contributed by atoms with Gasteiger partial charge in [0.2, 0.25) is 5.89 Å². The van der Waals surface area contributed by atoms with E-state index in [-0.39, 0.29) is 6.04 Å². The molecule has 1 unspecified atom stereocenters. The van der Waals surface area contributed by atoms with Crippen molar-refractivity contribution in [1.82, 2.24) is 15.5 Å². The Bertz CT molecular complexity index is 271. The minimum absolute atomic E-state index is 0.151. The Balaban J connectivity index is 2.47. The van der Waals surface area contributed by atoms with E-state index in [9.17, 15) is 0 Å². The summed E-state index contributed by atoms with van der Waals surface area (Å²) in [6.07, 6.45) is 1.64. The first-order valence-electron chi connectivity index (χ1n) is 5.39. The van der Waals surface area contributed by atoms with E-state index in [4.69, 9.17) is 9.26 Å². The molecule has 0 aliphatic rings. The van der Waals surface area contributed by atoms with Gasteiger partial charge >= 0.3 is 0 Å². The summed E-state index contributed by atoms with van der Waals surface area (Å²) >= 11 is 0. The molecule has 1 rings (SSSR count). The second-order valence-corrected chi connectivity index (χ2v) is 3.25. The van der Waals surface area contributed by atoms with E-state index in [0.29, 0.717) is 24.7 Å². The van der Waals surface area contributed by atoms with Crippen LogP contribution in [0.15, 0.2) is 4.52 Å². The van der Waals surface area contributed by atoms with E-state index in [0.717, 1.165) is 13.0 Å². The van der Waals surface area contributed by atoms with Crippen LogP contribution in [0.3, 0.4) is 0 Å². The van der Waals surface area contributed by atoms with Gasteiger partial charge in [-0.05, 0) is 20.4 Å². The van der Waals surface area contributed by atoms with Crippen LogP contribution in [0.25, 0.3) is 0 Å². The zero-order chi connectivity index (χ0) is 11.1. The van der Waals surface area contributed by atoms with Crippen LogP contribution in [0.2, 0.25) is 0 Å². The SMILES string of the molecule is CCOCCc1noc(C(CC)NC)n1. The van der Waals surface area contributed by atoms with Crippen molar-refractivity contribution in [2.45, 2.75) is 32.7 Å². The van der Waals surface area contributed by atoms with E-state index in [1.54, 1.807) is 0 Å². The van der Waals surface area contributed by atoms with Gasteiger partial charge in [0.15, 0.2) is 5.82 Å². The average Bonchev–Trinajstić information content (AvgIpc) is 2.69. The molecule has 0 aliphatic heterocycles. The third-order valence-electron chi connectivity index (χ3n) is 2.21. The molecule has 1 heterocycles. The third-order valence-corrected chi connectivity index (χ3v) is 2.21. The number of nitrogens with one attached hydrogen (secondary N) is 1. The summed E-state index contributed by atoms with van der Waals surface area (Å²) in [5.41, 5.74) is 0. The Morgan fingerprint density at radius 3 is 2.87 bits per heavy atom. The van der Waals surface area contributed by atoms with Gasteiger partial charge in [0.25, 0.3) is 0 Å². The van der Waals surface area contributed by atoms with Gasteiger partial charge in [-0.2, -0.15) is 4.98 Å². The van der Waals surface area contributed by atoms with E-state index in [2.05, 4.69) is 22.4 Å². The van der Waals surface area contributed by atoms with Crippen LogP contribution in [-0.2, 0) is 11.2 Å². The van der Waals surface area contributed by atoms with E-state index >= 15 is 0 Å². The van der Waals surface area contributed by atoms with Gasteiger partial charge in [-0.1, -0.05) is 12.1 Å². The van der Waals surface area contributed by atoms with Crippen molar-refractivity contribution in [2.24, 2.45) is 0 Å². The van der Waals surface area contributed by atoms with Crippen LogP contribution in [0.5, 0.6) is 0 Å². The second kappa shape index (κ2) is 6.53. The van der Waals surface area contributed by atoms with Gasteiger partial charge in [-0.15, -0.1) is 0 Å². The molecule has 0 bridgehead atoms. The fraction of sp³-hybridized carbons (Fsp3) is 0.800. The summed E-state index contributed by atoms with van der Waals surface area (Å²) in [7, 11) is 1.89. The zero-order valence-electron chi connectivity index (χ0n) is 9.62. The Morgan fingerprint density at radius 2 is 2.27 bits per heavy atom. The number of nitrogens with zero attached hydrogens (tertiary/aromatic N) is 2. The van der Waals surface area contributed by atoms with Gasteiger partial charge in [-0.3, -0.25) is 0 Å². The Morgan fingerprint density at radius 1 is 1.47 bits per heavy atom. The Labute approximate surface area is 90.2 Å². The maximum Gasteiger partial charge on any atom is 0.243 e. The molecule has 0 amide bonds. The molecule has 0 aromatic carbocycles.